The van der Waals surface area contributed by atoms with Crippen molar-refractivity contribution in [1.29, 1.82) is 0 Å². The molecule has 3 rings (SSSR count). The molecule has 1 heterocycles. The van der Waals surface area contributed by atoms with Gasteiger partial charge in [-0.05, 0) is 56.7 Å². The Morgan fingerprint density at radius 2 is 1.79 bits per heavy atom. The molecule has 0 bridgehead atoms. The maximum absolute atomic E-state index is 12.7. The zero-order valence-electron chi connectivity index (χ0n) is 16.1. The number of ether oxygens (including phenoxy) is 2. The van der Waals surface area contributed by atoms with E-state index in [1.54, 1.807) is 32.1 Å². The molecule has 2 aromatic carbocycles. The van der Waals surface area contributed by atoms with Crippen LogP contribution in [0.4, 0.5) is 5.69 Å². The molecule has 6 nitrogen and oxygen atoms in total. The average Bonchev–Trinajstić information content (AvgIpc) is 2.96. The molecule has 0 N–H and O–H groups in total. The molecule has 0 atom stereocenters. The van der Waals surface area contributed by atoms with Crippen LogP contribution in [0.1, 0.15) is 26.3 Å². The molecular weight excluding hydrogens is 356 g/mol. The first-order valence-corrected chi connectivity index (χ1v) is 9.03. The van der Waals surface area contributed by atoms with Gasteiger partial charge in [-0.15, -0.1) is 0 Å². The van der Waals surface area contributed by atoms with Gasteiger partial charge in [-0.2, -0.15) is 10.1 Å². The van der Waals surface area contributed by atoms with Gasteiger partial charge in [0.15, 0.2) is 6.61 Å². The summed E-state index contributed by atoms with van der Waals surface area (Å²) in [5.41, 5.74) is 2.76. The van der Waals surface area contributed by atoms with Crippen LogP contribution in [0.2, 0.25) is 0 Å². The standard InChI is InChI=1S/C22H22N2O4/c1-15(2)28-21(25)14-27-19-11-9-17(10-12-19)13-20-16(3)23-24(22(20)26)18-7-5-4-6-8-18/h4-13,15H,14H2,1-3H3/b20-13+. The number of benzene rings is 2. The first-order valence-electron chi connectivity index (χ1n) is 9.03. The number of hydrogen-bond donors (Lipinski definition) is 0. The first-order chi connectivity index (χ1) is 13.4. The molecule has 28 heavy (non-hydrogen) atoms. The molecule has 0 saturated carbocycles. The molecule has 0 saturated heterocycles. The number of carbonyl (C=O) groups excluding carboxylic acids is 2. The Balaban J connectivity index is 1.68. The van der Waals surface area contributed by atoms with Crippen molar-refractivity contribution < 1.29 is 19.1 Å². The van der Waals surface area contributed by atoms with Gasteiger partial charge < -0.3 is 9.47 Å². The van der Waals surface area contributed by atoms with Gasteiger partial charge in [-0.25, -0.2) is 4.79 Å². The fourth-order valence-electron chi connectivity index (χ4n) is 2.69. The minimum absolute atomic E-state index is 0.144. The highest BCUT2D eigenvalue weighted by molar-refractivity contribution is 6.32. The second kappa shape index (κ2) is 8.52. The molecule has 0 unspecified atom stereocenters. The highest BCUT2D eigenvalue weighted by atomic mass is 16.6. The van der Waals surface area contributed by atoms with Crippen molar-refractivity contribution in [3.8, 4) is 5.75 Å². The van der Waals surface area contributed by atoms with Crippen molar-refractivity contribution in [2.45, 2.75) is 26.9 Å². The van der Waals surface area contributed by atoms with Crippen molar-refractivity contribution in [3.63, 3.8) is 0 Å². The lowest BCUT2D eigenvalue weighted by Gasteiger charge is -2.11. The van der Waals surface area contributed by atoms with Crippen LogP contribution in [0.3, 0.4) is 0 Å². The van der Waals surface area contributed by atoms with Gasteiger partial charge in [0, 0.05) is 0 Å². The molecular formula is C22H22N2O4. The van der Waals surface area contributed by atoms with Gasteiger partial charge in [-0.3, -0.25) is 4.79 Å². The summed E-state index contributed by atoms with van der Waals surface area (Å²) in [6, 6.07) is 16.4. The van der Waals surface area contributed by atoms with E-state index in [0.29, 0.717) is 17.0 Å². The van der Waals surface area contributed by atoms with E-state index in [1.165, 1.54) is 5.01 Å². The molecule has 0 aliphatic carbocycles. The van der Waals surface area contributed by atoms with Crippen LogP contribution in [0, 0.1) is 0 Å². The minimum atomic E-state index is -0.411. The van der Waals surface area contributed by atoms with Gasteiger partial charge >= 0.3 is 5.97 Å². The van der Waals surface area contributed by atoms with Crippen LogP contribution in [-0.4, -0.2) is 30.3 Å². The number of anilines is 1. The lowest BCUT2D eigenvalue weighted by molar-refractivity contribution is -0.149. The quantitative estimate of drug-likeness (QED) is 0.566. The van der Waals surface area contributed by atoms with Crippen molar-refractivity contribution in [2.75, 3.05) is 11.6 Å². The summed E-state index contributed by atoms with van der Waals surface area (Å²) in [4.78, 5) is 24.3. The molecule has 1 amide bonds. The van der Waals surface area contributed by atoms with Crippen LogP contribution in [0.15, 0.2) is 65.3 Å². The Morgan fingerprint density at radius 3 is 2.43 bits per heavy atom. The first kappa shape index (κ1) is 19.4. The zero-order valence-corrected chi connectivity index (χ0v) is 16.1. The SMILES string of the molecule is CC1=NN(c2ccccc2)C(=O)/C1=C/c1ccc(OCC(=O)OC(C)C)cc1. The summed E-state index contributed by atoms with van der Waals surface area (Å²) in [5.74, 6) is -0.0250. The molecule has 6 heteroatoms. The number of esters is 1. The average molecular weight is 378 g/mol. The van der Waals surface area contributed by atoms with Crippen molar-refractivity contribution in [2.24, 2.45) is 5.10 Å². The van der Waals surface area contributed by atoms with E-state index in [0.717, 1.165) is 11.3 Å². The van der Waals surface area contributed by atoms with Gasteiger partial charge in [0.1, 0.15) is 5.75 Å². The third-order valence-corrected chi connectivity index (χ3v) is 3.98. The number of rotatable bonds is 6. The van der Waals surface area contributed by atoms with Gasteiger partial charge in [0.2, 0.25) is 0 Å². The van der Waals surface area contributed by atoms with Crippen LogP contribution in [-0.2, 0) is 14.3 Å². The van der Waals surface area contributed by atoms with Gasteiger partial charge in [-0.1, -0.05) is 30.3 Å². The number of hydrazone groups is 1. The fraction of sp³-hybridized carbons (Fsp3) is 0.227. The number of para-hydroxylation sites is 1. The summed E-state index contributed by atoms with van der Waals surface area (Å²) in [7, 11) is 0. The Bertz CT molecular complexity index is 915. The molecule has 0 aromatic heterocycles. The fourth-order valence-corrected chi connectivity index (χ4v) is 2.69. The van der Waals surface area contributed by atoms with E-state index in [1.807, 2.05) is 49.4 Å². The third-order valence-electron chi connectivity index (χ3n) is 3.98. The highest BCUT2D eigenvalue weighted by Gasteiger charge is 2.28. The lowest BCUT2D eigenvalue weighted by atomic mass is 10.1. The van der Waals surface area contributed by atoms with Crippen LogP contribution >= 0.6 is 0 Å². The van der Waals surface area contributed by atoms with Crippen LogP contribution in [0.25, 0.3) is 6.08 Å². The van der Waals surface area contributed by atoms with E-state index in [2.05, 4.69) is 5.10 Å². The van der Waals surface area contributed by atoms with Crippen molar-refractivity contribution in [1.82, 2.24) is 0 Å². The molecule has 144 valence electrons. The summed E-state index contributed by atoms with van der Waals surface area (Å²) in [6.45, 7) is 5.24. The Hall–Kier alpha value is -3.41. The smallest absolute Gasteiger partial charge is 0.344 e. The van der Waals surface area contributed by atoms with Gasteiger partial charge in [0.05, 0.1) is 23.1 Å². The molecule has 1 aliphatic heterocycles. The predicted molar refractivity (Wildman–Crippen MR) is 108 cm³/mol. The monoisotopic (exact) mass is 378 g/mol. The Labute approximate surface area is 164 Å². The molecule has 2 aromatic rings. The second-order valence-electron chi connectivity index (χ2n) is 6.59. The summed E-state index contributed by atoms with van der Waals surface area (Å²) >= 11 is 0. The lowest BCUT2D eigenvalue weighted by Crippen LogP contribution is -2.21. The maximum atomic E-state index is 12.7. The summed E-state index contributed by atoms with van der Waals surface area (Å²) < 4.78 is 10.4. The Morgan fingerprint density at radius 1 is 1.11 bits per heavy atom. The van der Waals surface area contributed by atoms with E-state index < -0.39 is 5.97 Å². The van der Waals surface area contributed by atoms with Crippen LogP contribution in [0.5, 0.6) is 5.75 Å². The largest absolute Gasteiger partial charge is 0.482 e. The highest BCUT2D eigenvalue weighted by Crippen LogP contribution is 2.25. The predicted octanol–water partition coefficient (Wildman–Crippen LogP) is 3.82. The second-order valence-corrected chi connectivity index (χ2v) is 6.59. The molecule has 1 aliphatic rings. The summed E-state index contributed by atoms with van der Waals surface area (Å²) in [6.07, 6.45) is 1.62. The molecule has 0 radical (unpaired) electrons. The number of amides is 1. The van der Waals surface area contributed by atoms with E-state index in [4.69, 9.17) is 9.47 Å². The zero-order chi connectivity index (χ0) is 20.1. The summed E-state index contributed by atoms with van der Waals surface area (Å²) in [5, 5.41) is 5.77. The van der Waals surface area contributed by atoms with Crippen molar-refractivity contribution in [3.05, 3.63) is 65.7 Å². The molecule has 0 spiro atoms. The molecule has 0 fully saturated rings. The number of nitrogens with zero attached hydrogens (tertiary/aromatic N) is 2. The maximum Gasteiger partial charge on any atom is 0.344 e. The third kappa shape index (κ3) is 4.65. The van der Waals surface area contributed by atoms with E-state index >= 15 is 0 Å². The number of hydrogen-bond acceptors (Lipinski definition) is 5. The topological polar surface area (TPSA) is 68.2 Å². The number of carbonyl (C=O) groups is 2. The van der Waals surface area contributed by atoms with Gasteiger partial charge in [0.25, 0.3) is 5.91 Å². The van der Waals surface area contributed by atoms with E-state index in [9.17, 15) is 9.59 Å². The normalized spacial score (nSPS) is 15.1. The Kier molecular flexibility index (Phi) is 5.89. The van der Waals surface area contributed by atoms with Crippen LogP contribution < -0.4 is 9.75 Å². The van der Waals surface area contributed by atoms with E-state index in [-0.39, 0.29) is 18.6 Å². The minimum Gasteiger partial charge on any atom is -0.482 e. The van der Waals surface area contributed by atoms with Crippen molar-refractivity contribution >= 4 is 29.4 Å².